The fraction of sp³-hybridized carbons (Fsp3) is 0.571. The monoisotopic (exact) mass is 526 g/mol. The van der Waals surface area contributed by atoms with Gasteiger partial charge in [-0.3, -0.25) is 0 Å². The molecule has 155 valence electrons. The molecular weight excluding hydrogens is 501 g/mol. The predicted octanol–water partition coefficient (Wildman–Crippen LogP) is 4.51. The number of rotatable bonds is 8. The molecule has 1 aliphatic carbocycles. The Labute approximate surface area is 211 Å². The maximum absolute atomic E-state index is 10.7. The third kappa shape index (κ3) is 5.21. The van der Waals surface area contributed by atoms with Crippen LogP contribution in [0, 0.1) is 10.8 Å². The maximum Gasteiger partial charge on any atom is 0.0868 e. The second kappa shape index (κ2) is 10.8. The number of nitrogens with zero attached hydrogens (tertiary/aromatic N) is 2. The van der Waals surface area contributed by atoms with E-state index in [0.717, 1.165) is 60.0 Å². The number of hydrogen-bond acceptors (Lipinski definition) is 6. The minimum atomic E-state index is -0.595. The Hall–Kier alpha value is 0.314. The standard InChI is InChI=1S/C21H26ClN2O2S2.Y/c22-17-6-11-24(18(17)7-12-27-20-23-10-13-28-20)16-4-2-15(3-5-16)19(26)21(14-25)8-1-9-21;/h2-5,10,17-19,25-26H,1,6-9,11-12,14H2;/q-1;. The van der Waals surface area contributed by atoms with Gasteiger partial charge < -0.3 is 31.4 Å². The molecule has 3 unspecified atom stereocenters. The molecule has 3 atom stereocenters. The quantitative estimate of drug-likeness (QED) is 0.301. The molecule has 1 radical (unpaired) electrons. The minimum absolute atomic E-state index is 0. The zero-order valence-corrected chi connectivity index (χ0v) is 21.6. The summed E-state index contributed by atoms with van der Waals surface area (Å²) in [5.74, 6) is 0.988. The molecule has 2 aromatic rings. The van der Waals surface area contributed by atoms with Crippen molar-refractivity contribution in [3.8, 4) is 0 Å². The molecule has 2 N–H and O–H groups in total. The van der Waals surface area contributed by atoms with Crippen LogP contribution in [0.2, 0.25) is 0 Å². The van der Waals surface area contributed by atoms with Crippen molar-refractivity contribution in [2.45, 2.75) is 54.0 Å². The van der Waals surface area contributed by atoms with Gasteiger partial charge in [0, 0.05) is 56.4 Å². The summed E-state index contributed by atoms with van der Waals surface area (Å²) < 4.78 is 1.06. The number of thiazole rings is 1. The summed E-state index contributed by atoms with van der Waals surface area (Å²) in [4.78, 5) is 6.68. The van der Waals surface area contributed by atoms with Gasteiger partial charge in [0.25, 0.3) is 0 Å². The van der Waals surface area contributed by atoms with Crippen LogP contribution in [-0.2, 0) is 32.7 Å². The van der Waals surface area contributed by atoms with Crippen molar-refractivity contribution in [1.82, 2.24) is 4.98 Å². The number of thioether (sulfide) groups is 1. The number of alkyl halides is 1. The van der Waals surface area contributed by atoms with Gasteiger partial charge in [-0.05, 0) is 53.5 Å². The summed E-state index contributed by atoms with van der Waals surface area (Å²) in [5, 5.41) is 23.6. The van der Waals surface area contributed by atoms with Gasteiger partial charge in [-0.1, -0.05) is 24.8 Å². The van der Waals surface area contributed by atoms with Crippen LogP contribution in [0.3, 0.4) is 0 Å². The van der Waals surface area contributed by atoms with E-state index in [9.17, 15) is 10.2 Å². The molecule has 2 fully saturated rings. The molecule has 1 saturated heterocycles. The number of benzene rings is 1. The summed E-state index contributed by atoms with van der Waals surface area (Å²) in [5.41, 5.74) is 1.71. The average molecular weight is 527 g/mol. The Morgan fingerprint density at radius 2 is 2.10 bits per heavy atom. The van der Waals surface area contributed by atoms with Crippen molar-refractivity contribution in [2.75, 3.05) is 23.8 Å². The average Bonchev–Trinajstić information content (AvgIpc) is 3.32. The minimum Gasteiger partial charge on any atom is -0.396 e. The van der Waals surface area contributed by atoms with Gasteiger partial charge in [0.1, 0.15) is 0 Å². The van der Waals surface area contributed by atoms with E-state index in [-0.39, 0.29) is 50.1 Å². The van der Waals surface area contributed by atoms with Gasteiger partial charge >= 0.3 is 0 Å². The van der Waals surface area contributed by atoms with E-state index in [1.54, 1.807) is 29.3 Å². The first-order valence-electron chi connectivity index (χ1n) is 9.87. The molecule has 0 bridgehead atoms. The maximum atomic E-state index is 10.7. The molecule has 2 aliphatic rings. The zero-order valence-electron chi connectivity index (χ0n) is 16.3. The van der Waals surface area contributed by atoms with Crippen molar-refractivity contribution >= 4 is 40.4 Å². The van der Waals surface area contributed by atoms with Crippen molar-refractivity contribution in [2.24, 2.45) is 5.41 Å². The van der Waals surface area contributed by atoms with Crippen molar-refractivity contribution < 1.29 is 42.9 Å². The molecule has 1 saturated carbocycles. The molecule has 1 aromatic heterocycles. The van der Waals surface area contributed by atoms with Crippen molar-refractivity contribution in [3.63, 3.8) is 0 Å². The Balaban J connectivity index is 0.00000240. The van der Waals surface area contributed by atoms with E-state index in [4.69, 9.17) is 11.6 Å². The first kappa shape index (κ1) is 24.0. The summed E-state index contributed by atoms with van der Waals surface area (Å²) in [6.07, 6.45) is 5.99. The van der Waals surface area contributed by atoms with E-state index in [2.05, 4.69) is 27.4 Å². The fourth-order valence-electron chi connectivity index (χ4n) is 4.34. The van der Waals surface area contributed by atoms with E-state index in [1.165, 1.54) is 0 Å². The summed E-state index contributed by atoms with van der Waals surface area (Å²) in [6, 6.07) is 8.51. The van der Waals surface area contributed by atoms with Crippen LogP contribution in [0.1, 0.15) is 43.8 Å². The normalized spacial score (nSPS) is 24.0. The van der Waals surface area contributed by atoms with Gasteiger partial charge in [0.15, 0.2) is 0 Å². The first-order valence-corrected chi connectivity index (χ1v) is 12.1. The number of aromatic nitrogens is 1. The smallest absolute Gasteiger partial charge is 0.0868 e. The largest absolute Gasteiger partial charge is 0.396 e. The Morgan fingerprint density at radius 3 is 2.69 bits per heavy atom. The van der Waals surface area contributed by atoms with E-state index in [0.29, 0.717) is 6.04 Å². The van der Waals surface area contributed by atoms with Crippen LogP contribution in [0.4, 0.5) is 5.69 Å². The fourth-order valence-corrected chi connectivity index (χ4v) is 6.30. The molecular formula is C21H26ClN2O2S2Y-. The van der Waals surface area contributed by atoms with E-state index in [1.807, 2.05) is 12.1 Å². The molecule has 29 heavy (non-hydrogen) atoms. The molecule has 1 aliphatic heterocycles. The van der Waals surface area contributed by atoms with Gasteiger partial charge in [-0.15, -0.1) is 11.6 Å². The molecule has 8 heteroatoms. The second-order valence-corrected chi connectivity index (χ2v) is 10.5. The Kier molecular flexibility index (Phi) is 8.89. The third-order valence-electron chi connectivity index (χ3n) is 6.26. The van der Waals surface area contributed by atoms with Crippen LogP contribution in [0.5, 0.6) is 0 Å². The van der Waals surface area contributed by atoms with Crippen LogP contribution in [-0.4, -0.2) is 45.5 Å². The van der Waals surface area contributed by atoms with Gasteiger partial charge in [-0.2, -0.15) is 17.1 Å². The molecule has 0 spiro atoms. The van der Waals surface area contributed by atoms with Crippen LogP contribution in [0.15, 0.2) is 34.8 Å². The van der Waals surface area contributed by atoms with Gasteiger partial charge in [0.05, 0.1) is 18.1 Å². The van der Waals surface area contributed by atoms with Crippen LogP contribution in [0.25, 0.3) is 0 Å². The summed E-state index contributed by atoms with van der Waals surface area (Å²) >= 11 is 9.96. The second-order valence-electron chi connectivity index (χ2n) is 7.81. The molecule has 2 heterocycles. The number of anilines is 1. The number of aliphatic hydroxyl groups excluding tert-OH is 2. The van der Waals surface area contributed by atoms with Crippen LogP contribution < -0.4 is 4.90 Å². The molecule has 4 rings (SSSR count). The van der Waals surface area contributed by atoms with Crippen molar-refractivity contribution in [3.05, 3.63) is 41.4 Å². The van der Waals surface area contributed by atoms with Crippen LogP contribution >= 0.6 is 34.7 Å². The van der Waals surface area contributed by atoms with E-state index >= 15 is 0 Å². The zero-order chi connectivity index (χ0) is 19.6. The molecule has 0 amide bonds. The van der Waals surface area contributed by atoms with Gasteiger partial charge in [-0.25, -0.2) is 0 Å². The number of halogens is 1. The Morgan fingerprint density at radius 1 is 1.34 bits per heavy atom. The van der Waals surface area contributed by atoms with Gasteiger partial charge in [0.2, 0.25) is 0 Å². The molecule has 1 aromatic carbocycles. The Bertz CT molecular complexity index is 753. The van der Waals surface area contributed by atoms with E-state index < -0.39 is 6.10 Å². The summed E-state index contributed by atoms with van der Waals surface area (Å²) in [7, 11) is 0. The third-order valence-corrected chi connectivity index (χ3v) is 8.66. The number of aliphatic hydroxyl groups is 2. The molecule has 4 nitrogen and oxygen atoms in total. The first-order chi connectivity index (χ1) is 13.6. The predicted molar refractivity (Wildman–Crippen MR) is 116 cm³/mol. The SMILES string of the molecule is OCC1(C(O)c2ccc(N3CCC(Cl)C3CCSc3nc[c-]s3)cc2)CCC1.[Y]. The topological polar surface area (TPSA) is 56.6 Å². The number of hydrogen-bond donors (Lipinski definition) is 2. The van der Waals surface area contributed by atoms with Crippen molar-refractivity contribution in [1.29, 1.82) is 0 Å². The summed E-state index contributed by atoms with van der Waals surface area (Å²) in [6.45, 7) is 1.00.